The number of aliphatic hydroxyl groups excluding tert-OH is 11. The van der Waals surface area contributed by atoms with Gasteiger partial charge in [0.2, 0.25) is 5.91 Å². The molecule has 17 atom stereocenters. The molecule has 0 aliphatic carbocycles. The average molecular weight is 1550 g/mol. The number of carbonyl (C=O) groups excluding carboxylic acids is 1. The van der Waals surface area contributed by atoms with Gasteiger partial charge in [-0.3, -0.25) is 4.79 Å². The molecule has 3 aliphatic heterocycles. The first-order chi connectivity index (χ1) is 53.3. The zero-order valence-corrected chi connectivity index (χ0v) is 69.3. The molecule has 17 unspecified atom stereocenters. The lowest BCUT2D eigenvalue weighted by Gasteiger charge is -2.48. The summed E-state index contributed by atoms with van der Waals surface area (Å²) in [6.45, 7) is 1.79. The molecule has 3 saturated heterocycles. The second-order valence-corrected chi connectivity index (χ2v) is 32.8. The van der Waals surface area contributed by atoms with E-state index in [1.54, 1.807) is 6.08 Å². The second kappa shape index (κ2) is 70.2. The Morgan fingerprint density at radius 2 is 0.587 bits per heavy atom. The molecular weight excluding hydrogens is 1380 g/mol. The van der Waals surface area contributed by atoms with Gasteiger partial charge in [-0.2, -0.15) is 0 Å². The number of amides is 1. The van der Waals surface area contributed by atoms with E-state index in [4.69, 9.17) is 28.4 Å². The molecule has 0 aromatic carbocycles. The van der Waals surface area contributed by atoms with Crippen LogP contribution in [0.5, 0.6) is 0 Å². The number of nitrogens with one attached hydrogen (secondary N) is 1. The molecule has 3 fully saturated rings. The summed E-state index contributed by atoms with van der Waals surface area (Å²) in [4.78, 5) is 13.5. The first-order valence-electron chi connectivity index (χ1n) is 45.7. The number of hydrogen-bond donors (Lipinski definition) is 12. The standard InChI is InChI=1S/C90H169NO18/c1-3-5-7-9-11-13-15-17-19-21-23-25-27-29-31-33-34-35-36-37-38-40-42-44-46-48-50-52-54-56-58-60-62-64-66-68-78(96)91-73(74(95)67-65-63-61-59-57-55-53-51-49-47-45-43-41-39-32-30-28-26-24-22-20-18-16-14-12-10-8-6-4-2)72-104-88-84(102)81(99)86(76(70-93)106-88)109-90-85(103)82(100)87(77(71-94)107-90)108-89-83(101)80(98)79(97)75(69-92)105-89/h21,23,57,59,65,67,73-77,79-90,92-95,97-103H,3-20,22,24-56,58,60-64,66,68-72H2,1-2H3,(H,91,96)/b23-21-,59-57+,67-65+. The predicted octanol–water partition coefficient (Wildman–Crippen LogP) is 17.4. The van der Waals surface area contributed by atoms with Gasteiger partial charge >= 0.3 is 0 Å². The van der Waals surface area contributed by atoms with Crippen LogP contribution in [-0.4, -0.2) is 193 Å². The van der Waals surface area contributed by atoms with Crippen molar-refractivity contribution < 1.29 is 89.4 Å². The van der Waals surface area contributed by atoms with Crippen LogP contribution in [0.25, 0.3) is 0 Å². The summed E-state index contributed by atoms with van der Waals surface area (Å²) < 4.78 is 34.5. The molecule has 12 N–H and O–H groups in total. The summed E-state index contributed by atoms with van der Waals surface area (Å²) in [5, 5.41) is 121. The van der Waals surface area contributed by atoms with E-state index in [-0.39, 0.29) is 18.9 Å². The van der Waals surface area contributed by atoms with Crippen LogP contribution in [0.3, 0.4) is 0 Å². The number of ether oxygens (including phenoxy) is 6. The van der Waals surface area contributed by atoms with Gasteiger partial charge in [0.25, 0.3) is 0 Å². The van der Waals surface area contributed by atoms with E-state index >= 15 is 0 Å². The van der Waals surface area contributed by atoms with Crippen molar-refractivity contribution in [1.29, 1.82) is 0 Å². The van der Waals surface area contributed by atoms with Gasteiger partial charge in [-0.1, -0.05) is 371 Å². The maximum atomic E-state index is 13.5. The number of unbranched alkanes of at least 4 members (excludes halogenated alkanes) is 55. The highest BCUT2D eigenvalue weighted by Gasteiger charge is 2.54. The van der Waals surface area contributed by atoms with Crippen molar-refractivity contribution in [1.82, 2.24) is 5.32 Å². The van der Waals surface area contributed by atoms with Gasteiger partial charge < -0.3 is 89.9 Å². The molecule has 0 saturated carbocycles. The molecule has 3 rings (SSSR count). The maximum Gasteiger partial charge on any atom is 0.220 e. The lowest BCUT2D eigenvalue weighted by atomic mass is 9.96. The van der Waals surface area contributed by atoms with Crippen molar-refractivity contribution >= 4 is 5.91 Å². The summed E-state index contributed by atoms with van der Waals surface area (Å²) in [6.07, 6.45) is 63.1. The quantitative estimate of drug-likeness (QED) is 0.0199. The number of allylic oxidation sites excluding steroid dienone is 5. The van der Waals surface area contributed by atoms with Crippen molar-refractivity contribution in [2.45, 2.75) is 503 Å². The Bertz CT molecular complexity index is 2100. The van der Waals surface area contributed by atoms with Crippen LogP contribution in [-0.2, 0) is 33.2 Å². The number of hydrogen-bond acceptors (Lipinski definition) is 18. The van der Waals surface area contributed by atoms with Gasteiger partial charge in [-0.25, -0.2) is 0 Å². The summed E-state index contributed by atoms with van der Waals surface area (Å²) in [7, 11) is 0. The van der Waals surface area contributed by atoms with Crippen LogP contribution in [0.15, 0.2) is 36.5 Å². The Hall–Kier alpha value is -1.99. The third-order valence-corrected chi connectivity index (χ3v) is 22.9. The number of rotatable bonds is 75. The van der Waals surface area contributed by atoms with Crippen LogP contribution < -0.4 is 5.32 Å². The third kappa shape index (κ3) is 49.0. The average Bonchev–Trinajstić information content (AvgIpc) is 0.749. The Kier molecular flexibility index (Phi) is 65.2. The third-order valence-electron chi connectivity index (χ3n) is 22.9. The van der Waals surface area contributed by atoms with Crippen molar-refractivity contribution in [3.8, 4) is 0 Å². The van der Waals surface area contributed by atoms with Crippen LogP contribution in [0.1, 0.15) is 399 Å². The topological polar surface area (TPSA) is 307 Å². The van der Waals surface area contributed by atoms with Gasteiger partial charge in [-0.15, -0.1) is 0 Å². The van der Waals surface area contributed by atoms with Crippen LogP contribution in [0, 0.1) is 0 Å². The summed E-state index contributed by atoms with van der Waals surface area (Å²) in [5.41, 5.74) is 0. The molecule has 1 amide bonds. The van der Waals surface area contributed by atoms with Crippen molar-refractivity contribution in [3.05, 3.63) is 36.5 Å². The molecule has 3 aliphatic rings. The molecule has 109 heavy (non-hydrogen) atoms. The predicted molar refractivity (Wildman–Crippen MR) is 439 cm³/mol. The highest BCUT2D eigenvalue weighted by molar-refractivity contribution is 5.76. The Labute approximate surface area is 663 Å². The normalized spacial score (nSPS) is 25.4. The van der Waals surface area contributed by atoms with Crippen LogP contribution in [0.2, 0.25) is 0 Å². The van der Waals surface area contributed by atoms with Gasteiger partial charge in [-0.05, 0) is 57.8 Å². The molecule has 19 heteroatoms. The van der Waals surface area contributed by atoms with Crippen LogP contribution >= 0.6 is 0 Å². The van der Waals surface area contributed by atoms with Gasteiger partial charge in [0.05, 0.1) is 38.6 Å². The summed E-state index contributed by atoms with van der Waals surface area (Å²) >= 11 is 0. The zero-order valence-electron chi connectivity index (χ0n) is 69.3. The van der Waals surface area contributed by atoms with E-state index in [0.29, 0.717) is 12.8 Å². The minimum Gasteiger partial charge on any atom is -0.394 e. The Morgan fingerprint density at radius 3 is 0.917 bits per heavy atom. The molecular formula is C90H169NO18. The Balaban J connectivity index is 1.33. The van der Waals surface area contributed by atoms with E-state index in [2.05, 4.69) is 43.5 Å². The van der Waals surface area contributed by atoms with Gasteiger partial charge in [0.1, 0.15) is 73.2 Å². The summed E-state index contributed by atoms with van der Waals surface area (Å²) in [5.74, 6) is -0.277. The van der Waals surface area contributed by atoms with Crippen molar-refractivity contribution in [2.24, 2.45) is 0 Å². The lowest BCUT2D eigenvalue weighted by Crippen LogP contribution is -2.66. The van der Waals surface area contributed by atoms with E-state index in [1.165, 1.54) is 327 Å². The van der Waals surface area contributed by atoms with Gasteiger partial charge in [0.15, 0.2) is 18.9 Å². The lowest BCUT2D eigenvalue weighted by molar-refractivity contribution is -0.379. The summed E-state index contributed by atoms with van der Waals surface area (Å²) in [6, 6.07) is -0.991. The maximum absolute atomic E-state index is 13.5. The zero-order chi connectivity index (χ0) is 78.8. The number of carbonyl (C=O) groups is 1. The second-order valence-electron chi connectivity index (χ2n) is 32.8. The molecule has 0 radical (unpaired) electrons. The molecule has 642 valence electrons. The molecule has 0 bridgehead atoms. The fraction of sp³-hybridized carbons (Fsp3) is 0.922. The monoisotopic (exact) mass is 1550 g/mol. The minimum atomic E-state index is -1.98. The molecule has 0 aromatic heterocycles. The Morgan fingerprint density at radius 1 is 0.321 bits per heavy atom. The smallest absolute Gasteiger partial charge is 0.220 e. The van der Waals surface area contributed by atoms with E-state index in [0.717, 1.165) is 38.5 Å². The SMILES string of the molecule is CCCCCCCCCC/C=C\CCCCCCCCCCCCCCCCCCCCCCCCCC(=O)NC(COC1OC(CO)C(OC2OC(CO)C(OC3OC(CO)C(O)C(O)C3O)C(O)C2O)C(O)C1O)C(O)/C=C/CC/C=C/CCCCCCCCCCCCCCCCCCCCCCCCC. The molecule has 19 nitrogen and oxygen atoms in total. The van der Waals surface area contributed by atoms with Gasteiger partial charge in [0, 0.05) is 6.42 Å². The highest BCUT2D eigenvalue weighted by atomic mass is 16.8. The van der Waals surface area contributed by atoms with Crippen molar-refractivity contribution in [2.75, 3.05) is 26.4 Å². The van der Waals surface area contributed by atoms with E-state index < -0.39 is 124 Å². The molecule has 0 aromatic rings. The van der Waals surface area contributed by atoms with E-state index in [9.17, 15) is 61.0 Å². The largest absolute Gasteiger partial charge is 0.394 e. The molecule has 0 spiro atoms. The minimum absolute atomic E-state index is 0.240. The fourth-order valence-corrected chi connectivity index (χ4v) is 15.6. The fourth-order valence-electron chi connectivity index (χ4n) is 15.6. The van der Waals surface area contributed by atoms with E-state index in [1.807, 2.05) is 6.08 Å². The number of aliphatic hydroxyl groups is 11. The molecule has 3 heterocycles. The van der Waals surface area contributed by atoms with Crippen LogP contribution in [0.4, 0.5) is 0 Å². The first-order valence-corrected chi connectivity index (χ1v) is 45.7. The van der Waals surface area contributed by atoms with Crippen molar-refractivity contribution in [3.63, 3.8) is 0 Å². The first kappa shape index (κ1) is 101. The highest BCUT2D eigenvalue weighted by Crippen LogP contribution is 2.34.